The van der Waals surface area contributed by atoms with Crippen molar-refractivity contribution < 1.29 is 45.0 Å². The lowest BCUT2D eigenvalue weighted by molar-refractivity contribution is -0.257. The number of nitrogens with one attached hydrogen (secondary N) is 1. The minimum Gasteiger partial charge on any atom is -0.369 e. The molecule has 0 bridgehead atoms. The highest BCUT2D eigenvalue weighted by Gasteiger charge is 2.61. The first-order valence-corrected chi connectivity index (χ1v) is 12.3. The van der Waals surface area contributed by atoms with E-state index in [0.29, 0.717) is 11.6 Å². The maximum atomic E-state index is 14.7. The number of rotatable bonds is 8. The SMILES string of the molecule is O=C(NCC(Cc1ccccc1)(c1cc(F)cc(C(F)(F)F)c1)c1ccc(F)cn1)[C@@](O)(c1ccccc1)C(F)(F)F. The summed E-state index contributed by atoms with van der Waals surface area (Å²) in [7, 11) is 0. The molecular weight excluding hydrogens is 572 g/mol. The molecular formula is C30H22F8N2O2. The first-order valence-electron chi connectivity index (χ1n) is 12.3. The molecule has 1 aromatic heterocycles. The van der Waals surface area contributed by atoms with Gasteiger partial charge in [-0.2, -0.15) is 26.3 Å². The van der Waals surface area contributed by atoms with Crippen LogP contribution in [0.4, 0.5) is 35.1 Å². The smallest absolute Gasteiger partial charge is 0.369 e. The fraction of sp³-hybridized carbons (Fsp3) is 0.200. The van der Waals surface area contributed by atoms with Crippen LogP contribution in [-0.2, 0) is 28.4 Å². The number of hydrogen-bond donors (Lipinski definition) is 2. The van der Waals surface area contributed by atoms with Crippen molar-refractivity contribution in [2.75, 3.05) is 6.54 Å². The number of nitrogens with zero attached hydrogens (tertiary/aromatic N) is 1. The molecule has 42 heavy (non-hydrogen) atoms. The Morgan fingerprint density at radius 3 is 1.88 bits per heavy atom. The van der Waals surface area contributed by atoms with Crippen LogP contribution in [0.1, 0.15) is 27.9 Å². The van der Waals surface area contributed by atoms with E-state index in [4.69, 9.17) is 0 Å². The molecule has 4 aromatic rings. The molecule has 1 unspecified atom stereocenters. The molecule has 3 aromatic carbocycles. The van der Waals surface area contributed by atoms with Gasteiger partial charge in [-0.05, 0) is 47.9 Å². The van der Waals surface area contributed by atoms with Crippen LogP contribution in [0.15, 0.2) is 97.2 Å². The van der Waals surface area contributed by atoms with Crippen LogP contribution in [-0.4, -0.2) is 28.7 Å². The largest absolute Gasteiger partial charge is 0.430 e. The Labute approximate surface area is 234 Å². The van der Waals surface area contributed by atoms with Crippen molar-refractivity contribution >= 4 is 5.91 Å². The van der Waals surface area contributed by atoms with Gasteiger partial charge < -0.3 is 10.4 Å². The van der Waals surface area contributed by atoms with Crippen LogP contribution < -0.4 is 5.32 Å². The Hall–Kier alpha value is -4.32. The molecule has 0 fully saturated rings. The fourth-order valence-corrected chi connectivity index (χ4v) is 4.69. The standard InChI is InChI=1S/C30H22F8N2O2/c31-23-11-12-25(39-17-23)27(16-19-7-3-1-4-8-19,21-13-22(29(33,34)35)15-24(32)14-21)18-40-26(41)28(42,30(36,37)38)20-9-5-2-6-10-20/h1-15,17,42H,16,18H2,(H,40,41)/t27?,28-/m0/s1. The number of alkyl halides is 6. The third-order valence-corrected chi connectivity index (χ3v) is 6.83. The lowest BCUT2D eigenvalue weighted by atomic mass is 9.72. The molecule has 220 valence electrons. The summed E-state index contributed by atoms with van der Waals surface area (Å²) in [6.45, 7) is -0.897. The van der Waals surface area contributed by atoms with Gasteiger partial charge in [-0.25, -0.2) is 8.78 Å². The zero-order valence-electron chi connectivity index (χ0n) is 21.5. The first-order chi connectivity index (χ1) is 19.7. The predicted molar refractivity (Wildman–Crippen MR) is 136 cm³/mol. The van der Waals surface area contributed by atoms with E-state index in [-0.39, 0.29) is 18.2 Å². The molecule has 0 saturated heterocycles. The number of aliphatic hydroxyl groups is 1. The maximum absolute atomic E-state index is 14.7. The molecule has 12 heteroatoms. The fourth-order valence-electron chi connectivity index (χ4n) is 4.69. The highest BCUT2D eigenvalue weighted by molar-refractivity contribution is 5.87. The third kappa shape index (κ3) is 6.13. The number of halogens is 8. The van der Waals surface area contributed by atoms with Gasteiger partial charge >= 0.3 is 12.4 Å². The van der Waals surface area contributed by atoms with E-state index in [1.807, 2.05) is 5.32 Å². The highest BCUT2D eigenvalue weighted by Crippen LogP contribution is 2.41. The Morgan fingerprint density at radius 2 is 1.33 bits per heavy atom. The lowest BCUT2D eigenvalue weighted by Crippen LogP contribution is -2.57. The molecule has 0 saturated carbocycles. The Kier molecular flexibility index (Phi) is 8.40. The van der Waals surface area contributed by atoms with Gasteiger partial charge in [-0.1, -0.05) is 60.7 Å². The van der Waals surface area contributed by atoms with Crippen molar-refractivity contribution in [2.45, 2.75) is 29.8 Å². The van der Waals surface area contributed by atoms with Gasteiger partial charge in [-0.3, -0.25) is 9.78 Å². The Morgan fingerprint density at radius 1 is 0.738 bits per heavy atom. The number of aromatic nitrogens is 1. The van der Waals surface area contributed by atoms with Crippen LogP contribution in [0.5, 0.6) is 0 Å². The average Bonchev–Trinajstić information content (AvgIpc) is 2.94. The van der Waals surface area contributed by atoms with Gasteiger partial charge in [0.15, 0.2) is 0 Å². The summed E-state index contributed by atoms with van der Waals surface area (Å²) >= 11 is 0. The molecule has 2 atom stereocenters. The van der Waals surface area contributed by atoms with Crippen molar-refractivity contribution in [2.24, 2.45) is 0 Å². The number of carbonyl (C=O) groups excluding carboxylic acids is 1. The van der Waals surface area contributed by atoms with Crippen LogP contribution in [0.2, 0.25) is 0 Å². The number of amides is 1. The summed E-state index contributed by atoms with van der Waals surface area (Å²) in [6.07, 6.45) is -10.1. The van der Waals surface area contributed by atoms with Gasteiger partial charge in [-0.15, -0.1) is 0 Å². The second-order valence-corrected chi connectivity index (χ2v) is 9.59. The highest BCUT2D eigenvalue weighted by atomic mass is 19.4. The van der Waals surface area contributed by atoms with Crippen molar-refractivity contribution in [3.63, 3.8) is 0 Å². The van der Waals surface area contributed by atoms with Gasteiger partial charge in [0.2, 0.25) is 0 Å². The van der Waals surface area contributed by atoms with E-state index in [2.05, 4.69) is 4.98 Å². The number of hydrogen-bond acceptors (Lipinski definition) is 3. The molecule has 2 N–H and O–H groups in total. The van der Waals surface area contributed by atoms with Crippen LogP contribution in [0, 0.1) is 11.6 Å². The molecule has 0 radical (unpaired) electrons. The molecule has 0 aliphatic carbocycles. The van der Waals surface area contributed by atoms with Gasteiger partial charge in [0.1, 0.15) is 11.6 Å². The topological polar surface area (TPSA) is 62.2 Å². The Balaban J connectivity index is 1.92. The van der Waals surface area contributed by atoms with E-state index >= 15 is 0 Å². The molecule has 0 aliphatic heterocycles. The second kappa shape index (κ2) is 11.5. The van der Waals surface area contributed by atoms with Crippen LogP contribution in [0.25, 0.3) is 0 Å². The molecule has 1 amide bonds. The monoisotopic (exact) mass is 594 g/mol. The quantitative estimate of drug-likeness (QED) is 0.230. The van der Waals surface area contributed by atoms with E-state index in [9.17, 15) is 45.0 Å². The van der Waals surface area contributed by atoms with Gasteiger partial charge in [0, 0.05) is 12.1 Å². The molecule has 0 aliphatic rings. The predicted octanol–water partition coefficient (Wildman–Crippen LogP) is 6.47. The molecule has 0 spiro atoms. The van der Waals surface area contributed by atoms with Crippen molar-refractivity contribution in [3.8, 4) is 0 Å². The normalized spacial score (nSPS) is 15.0. The number of pyridine rings is 1. The summed E-state index contributed by atoms with van der Waals surface area (Å²) in [5.41, 5.74) is -8.41. The number of benzene rings is 3. The van der Waals surface area contributed by atoms with Crippen molar-refractivity contribution in [1.29, 1.82) is 0 Å². The number of carbonyl (C=O) groups is 1. The molecule has 1 heterocycles. The van der Waals surface area contributed by atoms with E-state index < -0.39 is 64.1 Å². The lowest BCUT2D eigenvalue weighted by Gasteiger charge is -2.37. The van der Waals surface area contributed by atoms with Gasteiger partial charge in [0.05, 0.1) is 22.9 Å². The first kappa shape index (κ1) is 30.6. The van der Waals surface area contributed by atoms with Crippen LogP contribution >= 0.6 is 0 Å². The van der Waals surface area contributed by atoms with Gasteiger partial charge in [0.25, 0.3) is 11.5 Å². The molecule has 4 nitrogen and oxygen atoms in total. The van der Waals surface area contributed by atoms with Crippen molar-refractivity contribution in [3.05, 3.63) is 137 Å². The maximum Gasteiger partial charge on any atom is 0.430 e. The summed E-state index contributed by atoms with van der Waals surface area (Å²) in [5.74, 6) is -4.09. The average molecular weight is 595 g/mol. The zero-order valence-corrected chi connectivity index (χ0v) is 21.5. The van der Waals surface area contributed by atoms with Crippen molar-refractivity contribution in [1.82, 2.24) is 10.3 Å². The summed E-state index contributed by atoms with van der Waals surface area (Å²) in [5, 5.41) is 12.8. The van der Waals surface area contributed by atoms with E-state index in [0.717, 1.165) is 36.5 Å². The summed E-state index contributed by atoms with van der Waals surface area (Å²) in [4.78, 5) is 17.2. The summed E-state index contributed by atoms with van der Waals surface area (Å²) < 4.78 is 112. The third-order valence-electron chi connectivity index (χ3n) is 6.83. The summed E-state index contributed by atoms with van der Waals surface area (Å²) in [6, 6.07) is 17.0. The van der Waals surface area contributed by atoms with E-state index in [1.165, 1.54) is 18.2 Å². The van der Waals surface area contributed by atoms with Crippen LogP contribution in [0.3, 0.4) is 0 Å². The van der Waals surface area contributed by atoms with E-state index in [1.54, 1.807) is 30.3 Å². The second-order valence-electron chi connectivity index (χ2n) is 9.59. The minimum atomic E-state index is -5.52. The minimum absolute atomic E-state index is 0.179. The zero-order chi connectivity index (χ0) is 30.8. The molecule has 4 rings (SSSR count). The Bertz CT molecular complexity index is 1530.